The first-order chi connectivity index (χ1) is 13.0. The van der Waals surface area contributed by atoms with Crippen LogP contribution in [0.4, 0.5) is 4.39 Å². The molecule has 7 nitrogen and oxygen atoms in total. The van der Waals surface area contributed by atoms with Gasteiger partial charge in [-0.3, -0.25) is 9.79 Å². The summed E-state index contributed by atoms with van der Waals surface area (Å²) in [6.45, 7) is 3.61. The van der Waals surface area contributed by atoms with Crippen LogP contribution in [-0.2, 0) is 11.3 Å². The first kappa shape index (κ1) is 18.9. The van der Waals surface area contributed by atoms with Gasteiger partial charge >= 0.3 is 0 Å². The number of carbonyl (C=O) groups is 1. The number of morpholine rings is 1. The third kappa shape index (κ3) is 4.65. The highest BCUT2D eigenvalue weighted by Gasteiger charge is 2.28. The first-order valence-corrected chi connectivity index (χ1v) is 8.71. The Kier molecular flexibility index (Phi) is 5.75. The Morgan fingerprint density at radius 1 is 1.30 bits per heavy atom. The van der Waals surface area contributed by atoms with Crippen LogP contribution in [0.5, 0.6) is 0 Å². The summed E-state index contributed by atoms with van der Waals surface area (Å²) >= 11 is 0. The Morgan fingerprint density at radius 2 is 2.04 bits per heavy atom. The lowest BCUT2D eigenvalue weighted by molar-refractivity contribution is -0.0605. The fourth-order valence-electron chi connectivity index (χ4n) is 3.09. The Morgan fingerprint density at radius 3 is 2.67 bits per heavy atom. The minimum Gasteiger partial charge on any atom is -0.454 e. The molecular weight excluding hydrogens is 351 g/mol. The molecule has 0 bridgehead atoms. The quantitative estimate of drug-likeness (QED) is 0.631. The monoisotopic (exact) mass is 374 g/mol. The smallest absolute Gasteiger partial charge is 0.284 e. The number of nitrogens with zero attached hydrogens (tertiary/aromatic N) is 2. The van der Waals surface area contributed by atoms with Crippen molar-refractivity contribution >= 4 is 11.9 Å². The summed E-state index contributed by atoms with van der Waals surface area (Å²) in [6, 6.07) is 9.58. The lowest BCUT2D eigenvalue weighted by Gasteiger charge is -2.38. The molecular formula is C19H23FN4O3. The number of guanidine groups is 1. The zero-order valence-electron chi connectivity index (χ0n) is 15.3. The van der Waals surface area contributed by atoms with E-state index < -0.39 is 5.91 Å². The molecule has 1 saturated heterocycles. The summed E-state index contributed by atoms with van der Waals surface area (Å²) in [4.78, 5) is 17.5. The van der Waals surface area contributed by atoms with Gasteiger partial charge < -0.3 is 25.1 Å². The largest absolute Gasteiger partial charge is 0.454 e. The third-order valence-electron chi connectivity index (χ3n) is 4.34. The number of halogens is 1. The molecule has 1 aliphatic rings. The van der Waals surface area contributed by atoms with Crippen LogP contribution < -0.4 is 11.1 Å². The second-order valence-electron chi connectivity index (χ2n) is 6.42. The van der Waals surface area contributed by atoms with Gasteiger partial charge in [-0.05, 0) is 36.8 Å². The van der Waals surface area contributed by atoms with E-state index in [9.17, 15) is 9.18 Å². The van der Waals surface area contributed by atoms with Crippen LogP contribution in [-0.4, -0.2) is 43.0 Å². The number of nitrogens with two attached hydrogens (primary N) is 1. The van der Waals surface area contributed by atoms with Crippen LogP contribution in [0.2, 0.25) is 0 Å². The molecule has 0 saturated carbocycles. The molecule has 0 radical (unpaired) electrons. The fraction of sp³-hybridized carbons (Fsp3) is 0.368. The molecule has 0 aliphatic carbocycles. The molecule has 27 heavy (non-hydrogen) atoms. The lowest BCUT2D eigenvalue weighted by Crippen LogP contribution is -2.50. The van der Waals surface area contributed by atoms with Gasteiger partial charge in [-0.1, -0.05) is 12.1 Å². The Hall–Kier alpha value is -2.87. The molecule has 1 aromatic carbocycles. The van der Waals surface area contributed by atoms with Crippen molar-refractivity contribution in [1.82, 2.24) is 10.2 Å². The van der Waals surface area contributed by atoms with Crippen LogP contribution in [0.15, 0.2) is 45.8 Å². The summed E-state index contributed by atoms with van der Waals surface area (Å²) in [6.07, 6.45) is -0.199. The average Bonchev–Trinajstić information content (AvgIpc) is 3.12. The number of aliphatic imine (C=N–C) groups is 1. The van der Waals surface area contributed by atoms with Crippen molar-refractivity contribution in [2.45, 2.75) is 25.7 Å². The minimum atomic E-state index is -0.602. The first-order valence-electron chi connectivity index (χ1n) is 8.71. The van der Waals surface area contributed by atoms with E-state index in [0.717, 1.165) is 5.56 Å². The number of hydrogen-bond acceptors (Lipinski definition) is 4. The standard InChI is InChI=1S/C19H23FN4O3/c1-12-10-24(11-17(26-12)13-3-5-14(20)6-4-13)19(22-2)23-9-15-7-8-16(27-15)18(21)25/h3-8,12,17H,9-11H2,1-2H3,(H2,21,25)(H,22,23). The second kappa shape index (κ2) is 8.22. The average molecular weight is 374 g/mol. The summed E-state index contributed by atoms with van der Waals surface area (Å²) in [5.74, 6) is 0.522. The van der Waals surface area contributed by atoms with E-state index in [1.807, 2.05) is 6.92 Å². The molecule has 144 valence electrons. The maximum atomic E-state index is 13.2. The van der Waals surface area contributed by atoms with E-state index in [0.29, 0.717) is 31.4 Å². The highest BCUT2D eigenvalue weighted by molar-refractivity contribution is 5.89. The molecule has 1 aromatic heterocycles. The summed E-state index contributed by atoms with van der Waals surface area (Å²) in [5.41, 5.74) is 6.12. The predicted molar refractivity (Wildman–Crippen MR) is 98.7 cm³/mol. The maximum absolute atomic E-state index is 13.2. The van der Waals surface area contributed by atoms with Crippen molar-refractivity contribution in [1.29, 1.82) is 0 Å². The van der Waals surface area contributed by atoms with Gasteiger partial charge in [0.2, 0.25) is 0 Å². The normalized spacial score (nSPS) is 20.6. The van der Waals surface area contributed by atoms with Crippen molar-refractivity contribution in [3.05, 3.63) is 59.3 Å². The topological polar surface area (TPSA) is 93.1 Å². The number of nitrogens with one attached hydrogen (secondary N) is 1. The van der Waals surface area contributed by atoms with Gasteiger partial charge in [0.25, 0.3) is 5.91 Å². The number of ether oxygens (including phenoxy) is 1. The van der Waals surface area contributed by atoms with Crippen LogP contribution >= 0.6 is 0 Å². The zero-order valence-corrected chi connectivity index (χ0v) is 15.3. The molecule has 2 heterocycles. The number of amides is 1. The molecule has 0 spiro atoms. The number of benzene rings is 1. The van der Waals surface area contributed by atoms with E-state index >= 15 is 0 Å². The van der Waals surface area contributed by atoms with Crippen molar-refractivity contribution < 1.29 is 18.3 Å². The Labute approximate surface area is 157 Å². The van der Waals surface area contributed by atoms with Crippen LogP contribution in [0, 0.1) is 5.82 Å². The van der Waals surface area contributed by atoms with Crippen molar-refractivity contribution in [2.24, 2.45) is 10.7 Å². The predicted octanol–water partition coefficient (Wildman–Crippen LogP) is 2.06. The van der Waals surface area contributed by atoms with Crippen molar-refractivity contribution in [3.63, 3.8) is 0 Å². The van der Waals surface area contributed by atoms with Crippen LogP contribution in [0.25, 0.3) is 0 Å². The van der Waals surface area contributed by atoms with Crippen molar-refractivity contribution in [2.75, 3.05) is 20.1 Å². The summed E-state index contributed by atoms with van der Waals surface area (Å²) in [7, 11) is 1.70. The molecule has 1 fully saturated rings. The summed E-state index contributed by atoms with van der Waals surface area (Å²) < 4.78 is 24.6. The van der Waals surface area contributed by atoms with E-state index in [-0.39, 0.29) is 23.8 Å². The van der Waals surface area contributed by atoms with E-state index in [1.54, 1.807) is 31.3 Å². The van der Waals surface area contributed by atoms with Crippen LogP contribution in [0.1, 0.15) is 34.9 Å². The maximum Gasteiger partial charge on any atom is 0.284 e. The molecule has 2 atom stereocenters. The van der Waals surface area contributed by atoms with Gasteiger partial charge in [0, 0.05) is 13.6 Å². The van der Waals surface area contributed by atoms with Gasteiger partial charge in [-0.2, -0.15) is 0 Å². The Bertz CT molecular complexity index is 819. The van der Waals surface area contributed by atoms with E-state index in [4.69, 9.17) is 14.9 Å². The second-order valence-corrected chi connectivity index (χ2v) is 6.42. The Balaban J connectivity index is 1.66. The number of hydrogen-bond donors (Lipinski definition) is 2. The highest BCUT2D eigenvalue weighted by Crippen LogP contribution is 2.25. The molecule has 3 rings (SSSR count). The van der Waals surface area contributed by atoms with E-state index in [2.05, 4.69) is 15.2 Å². The SMILES string of the molecule is CN=C(NCc1ccc(C(N)=O)o1)N1CC(C)OC(c2ccc(F)cc2)C1. The van der Waals surface area contributed by atoms with Gasteiger partial charge in [0.05, 0.1) is 19.2 Å². The highest BCUT2D eigenvalue weighted by atomic mass is 19.1. The molecule has 3 N–H and O–H groups in total. The van der Waals surface area contributed by atoms with Gasteiger partial charge in [-0.25, -0.2) is 4.39 Å². The number of primary amides is 1. The van der Waals surface area contributed by atoms with E-state index in [1.165, 1.54) is 12.1 Å². The zero-order chi connectivity index (χ0) is 19.4. The number of carbonyl (C=O) groups excluding carboxylic acids is 1. The van der Waals surface area contributed by atoms with Crippen LogP contribution in [0.3, 0.4) is 0 Å². The molecule has 2 unspecified atom stereocenters. The molecule has 2 aromatic rings. The lowest BCUT2D eigenvalue weighted by atomic mass is 10.1. The summed E-state index contributed by atoms with van der Waals surface area (Å²) in [5, 5.41) is 3.22. The van der Waals surface area contributed by atoms with Crippen molar-refractivity contribution in [3.8, 4) is 0 Å². The third-order valence-corrected chi connectivity index (χ3v) is 4.34. The minimum absolute atomic E-state index is 0.0163. The number of furan rings is 1. The molecule has 1 amide bonds. The molecule has 1 aliphatic heterocycles. The fourth-order valence-corrected chi connectivity index (χ4v) is 3.09. The van der Waals surface area contributed by atoms with Gasteiger partial charge in [0.15, 0.2) is 11.7 Å². The van der Waals surface area contributed by atoms with Gasteiger partial charge in [-0.15, -0.1) is 0 Å². The van der Waals surface area contributed by atoms with Gasteiger partial charge in [0.1, 0.15) is 17.7 Å². The number of rotatable bonds is 4. The molecule has 8 heteroatoms.